The van der Waals surface area contributed by atoms with E-state index in [-0.39, 0.29) is 5.63 Å². The van der Waals surface area contributed by atoms with Crippen LogP contribution in [-0.4, -0.2) is 4.98 Å². The molecule has 0 fully saturated rings. The van der Waals surface area contributed by atoms with Crippen molar-refractivity contribution in [3.05, 3.63) is 70.2 Å². The van der Waals surface area contributed by atoms with E-state index in [0.29, 0.717) is 11.3 Å². The Balaban J connectivity index is 1.97. The fourth-order valence-corrected chi connectivity index (χ4v) is 2.89. The number of hydrogen-bond donors (Lipinski definition) is 0. The van der Waals surface area contributed by atoms with Crippen molar-refractivity contribution in [2.24, 2.45) is 0 Å². The molecule has 3 rings (SSSR count). The lowest BCUT2D eigenvalue weighted by molar-refractivity contribution is 0.559. The largest absolute Gasteiger partial charge is 0.423 e. The van der Waals surface area contributed by atoms with Crippen molar-refractivity contribution in [3.8, 4) is 0 Å². The zero-order chi connectivity index (χ0) is 13.9. The van der Waals surface area contributed by atoms with E-state index < -0.39 is 0 Å². The van der Waals surface area contributed by atoms with Gasteiger partial charge in [-0.3, -0.25) is 0 Å². The van der Waals surface area contributed by atoms with E-state index >= 15 is 0 Å². The molecule has 0 bridgehead atoms. The van der Waals surface area contributed by atoms with Crippen LogP contribution in [0.1, 0.15) is 11.1 Å². The summed E-state index contributed by atoms with van der Waals surface area (Å²) in [4.78, 5) is 15.9. The van der Waals surface area contributed by atoms with Gasteiger partial charge in [0.15, 0.2) is 0 Å². The summed E-state index contributed by atoms with van der Waals surface area (Å²) in [7, 11) is 0. The monoisotopic (exact) mass is 283 g/mol. The third kappa shape index (κ3) is 2.75. The first-order valence-corrected chi connectivity index (χ1v) is 7.28. The lowest BCUT2D eigenvalue weighted by atomic mass is 10.1. The molecule has 0 spiro atoms. The molecule has 0 amide bonds. The number of fused-ring (bicyclic) bond motifs is 1. The smallest absolute Gasteiger partial charge is 0.336 e. The molecule has 3 aromatic rings. The summed E-state index contributed by atoms with van der Waals surface area (Å²) >= 11 is 1.61. The Morgan fingerprint density at radius 3 is 2.90 bits per heavy atom. The number of thioether (sulfide) groups is 1. The summed E-state index contributed by atoms with van der Waals surface area (Å²) < 4.78 is 5.25. The second-order valence-electron chi connectivity index (χ2n) is 4.55. The summed E-state index contributed by atoms with van der Waals surface area (Å²) in [5.41, 5.74) is 2.40. The zero-order valence-corrected chi connectivity index (χ0v) is 11.8. The molecule has 20 heavy (non-hydrogen) atoms. The van der Waals surface area contributed by atoms with Gasteiger partial charge in [-0.25, -0.2) is 9.78 Å². The Bertz CT molecular complexity index is 796. The maximum atomic E-state index is 11.6. The van der Waals surface area contributed by atoms with Gasteiger partial charge in [0.25, 0.3) is 0 Å². The fraction of sp³-hybridized carbons (Fsp3) is 0.125. The second-order valence-corrected chi connectivity index (χ2v) is 5.54. The number of nitrogens with zero attached hydrogens (tertiary/aromatic N) is 1. The minimum atomic E-state index is -0.306. The van der Waals surface area contributed by atoms with Crippen LogP contribution in [0.3, 0.4) is 0 Å². The van der Waals surface area contributed by atoms with Crippen LogP contribution >= 0.6 is 11.8 Å². The number of aromatic nitrogens is 1. The van der Waals surface area contributed by atoms with Crippen molar-refractivity contribution in [2.45, 2.75) is 17.7 Å². The van der Waals surface area contributed by atoms with Gasteiger partial charge in [-0.05, 0) is 36.2 Å². The lowest BCUT2D eigenvalue weighted by Crippen LogP contribution is -2.00. The Labute approximate surface area is 120 Å². The molecule has 0 saturated heterocycles. The van der Waals surface area contributed by atoms with Gasteiger partial charge in [-0.15, -0.1) is 11.8 Å². The van der Waals surface area contributed by atoms with Crippen LogP contribution in [0, 0.1) is 6.92 Å². The lowest BCUT2D eigenvalue weighted by Gasteiger charge is -2.05. The molecule has 4 heteroatoms. The van der Waals surface area contributed by atoms with Crippen molar-refractivity contribution in [3.63, 3.8) is 0 Å². The molecule has 0 N–H and O–H groups in total. The maximum absolute atomic E-state index is 11.6. The molecule has 0 atom stereocenters. The zero-order valence-electron chi connectivity index (χ0n) is 11.0. The van der Waals surface area contributed by atoms with E-state index in [9.17, 15) is 4.79 Å². The summed E-state index contributed by atoms with van der Waals surface area (Å²) in [6.07, 6.45) is 1.77. The van der Waals surface area contributed by atoms with E-state index in [2.05, 4.69) is 4.98 Å². The highest BCUT2D eigenvalue weighted by atomic mass is 32.2. The molecule has 2 aromatic heterocycles. The van der Waals surface area contributed by atoms with Gasteiger partial charge >= 0.3 is 5.63 Å². The van der Waals surface area contributed by atoms with Crippen molar-refractivity contribution in [1.29, 1.82) is 0 Å². The van der Waals surface area contributed by atoms with Crippen LogP contribution in [-0.2, 0) is 5.75 Å². The summed E-state index contributed by atoms with van der Waals surface area (Å²) in [5, 5.41) is 1.93. The average Bonchev–Trinajstić information content (AvgIpc) is 2.45. The van der Waals surface area contributed by atoms with Crippen LogP contribution in [0.2, 0.25) is 0 Å². The minimum Gasteiger partial charge on any atom is -0.423 e. The Morgan fingerprint density at radius 1 is 1.20 bits per heavy atom. The van der Waals surface area contributed by atoms with Crippen LogP contribution < -0.4 is 5.63 Å². The van der Waals surface area contributed by atoms with Gasteiger partial charge in [-0.2, -0.15) is 0 Å². The van der Waals surface area contributed by atoms with E-state index in [4.69, 9.17) is 4.42 Å². The van der Waals surface area contributed by atoms with Crippen LogP contribution in [0.5, 0.6) is 0 Å². The highest BCUT2D eigenvalue weighted by Crippen LogP contribution is 2.25. The van der Waals surface area contributed by atoms with Crippen molar-refractivity contribution < 1.29 is 4.42 Å². The van der Waals surface area contributed by atoms with Gasteiger partial charge in [-0.1, -0.05) is 18.2 Å². The molecular formula is C16H13NO2S. The van der Waals surface area contributed by atoms with E-state index in [1.807, 2.05) is 43.3 Å². The highest BCUT2D eigenvalue weighted by Gasteiger charge is 2.06. The first-order valence-electron chi connectivity index (χ1n) is 6.29. The maximum Gasteiger partial charge on any atom is 0.336 e. The van der Waals surface area contributed by atoms with E-state index in [1.54, 1.807) is 24.0 Å². The molecule has 0 aliphatic carbocycles. The van der Waals surface area contributed by atoms with Crippen molar-refractivity contribution >= 4 is 22.7 Å². The highest BCUT2D eigenvalue weighted by molar-refractivity contribution is 7.98. The Hall–Kier alpha value is -2.07. The molecule has 0 unspecified atom stereocenters. The van der Waals surface area contributed by atoms with Crippen LogP contribution in [0.25, 0.3) is 11.0 Å². The summed E-state index contributed by atoms with van der Waals surface area (Å²) in [6.45, 7) is 1.98. The number of benzene rings is 1. The standard InChI is InChI=1S/C16H13NO2S/c1-11-5-6-13-12(9-16(18)19-14(13)8-11)10-20-15-4-2-3-7-17-15/h2-9H,10H2,1H3. The molecule has 1 aromatic carbocycles. The SMILES string of the molecule is Cc1ccc2c(CSc3ccccn3)cc(=O)oc2c1. The molecule has 0 saturated carbocycles. The third-order valence-electron chi connectivity index (χ3n) is 3.00. The normalized spacial score (nSPS) is 10.8. The molecular weight excluding hydrogens is 270 g/mol. The van der Waals surface area contributed by atoms with Crippen LogP contribution in [0.4, 0.5) is 0 Å². The Morgan fingerprint density at radius 2 is 2.10 bits per heavy atom. The van der Waals surface area contributed by atoms with E-state index in [1.165, 1.54) is 0 Å². The summed E-state index contributed by atoms with van der Waals surface area (Å²) in [6, 6.07) is 13.3. The van der Waals surface area contributed by atoms with Crippen LogP contribution in [0.15, 0.2) is 62.9 Å². The molecule has 100 valence electrons. The molecule has 3 nitrogen and oxygen atoms in total. The second kappa shape index (κ2) is 5.51. The van der Waals surface area contributed by atoms with Gasteiger partial charge in [0, 0.05) is 23.4 Å². The number of rotatable bonds is 3. The number of pyridine rings is 1. The molecule has 2 heterocycles. The fourth-order valence-electron chi connectivity index (χ4n) is 2.04. The molecule has 0 aliphatic heterocycles. The van der Waals surface area contributed by atoms with Gasteiger partial charge in [0.05, 0.1) is 5.03 Å². The minimum absolute atomic E-state index is 0.306. The van der Waals surface area contributed by atoms with Crippen molar-refractivity contribution in [2.75, 3.05) is 0 Å². The Kier molecular flexibility index (Phi) is 3.56. The predicted octanol–water partition coefficient (Wildman–Crippen LogP) is 3.79. The predicted molar refractivity (Wildman–Crippen MR) is 81.0 cm³/mol. The first kappa shape index (κ1) is 12.9. The van der Waals surface area contributed by atoms with Gasteiger partial charge < -0.3 is 4.42 Å². The van der Waals surface area contributed by atoms with Gasteiger partial charge in [0.1, 0.15) is 5.58 Å². The topological polar surface area (TPSA) is 43.1 Å². The molecule has 0 radical (unpaired) electrons. The summed E-state index contributed by atoms with van der Waals surface area (Å²) in [5.74, 6) is 0.697. The van der Waals surface area contributed by atoms with E-state index in [0.717, 1.165) is 21.5 Å². The third-order valence-corrected chi connectivity index (χ3v) is 3.99. The molecule has 0 aliphatic rings. The number of aryl methyl sites for hydroxylation is 1. The number of hydrogen-bond acceptors (Lipinski definition) is 4. The quantitative estimate of drug-likeness (QED) is 0.542. The first-order chi connectivity index (χ1) is 9.72. The van der Waals surface area contributed by atoms with Crippen molar-refractivity contribution in [1.82, 2.24) is 4.98 Å². The van der Waals surface area contributed by atoms with Gasteiger partial charge in [0.2, 0.25) is 0 Å². The average molecular weight is 283 g/mol.